The smallest absolute Gasteiger partial charge is 0.748 e. The van der Waals surface area contributed by atoms with Crippen molar-refractivity contribution in [2.75, 3.05) is 34.8 Å². The summed E-state index contributed by atoms with van der Waals surface area (Å²) in [4.78, 5) is 25.4. The van der Waals surface area contributed by atoms with Crippen LogP contribution in [0.2, 0.25) is 20.1 Å². The number of nitrogens with zero attached hydrogens (tertiary/aromatic N) is 6. The van der Waals surface area contributed by atoms with Gasteiger partial charge in [-0.25, -0.2) is 21.5 Å². The van der Waals surface area contributed by atoms with Crippen LogP contribution in [0.5, 0.6) is 0 Å². The second-order valence-electron chi connectivity index (χ2n) is 10.2. The average Bonchev–Trinajstić information content (AvgIpc) is 3.39. The number of carbonyl (C=O) groups excluding carboxylic acids is 2. The largest absolute Gasteiger partial charge is 1.00 e. The molecule has 16 nitrogen and oxygen atoms in total. The van der Waals surface area contributed by atoms with Crippen LogP contribution >= 0.6 is 46.4 Å². The molecule has 0 unspecified atom stereocenters. The number of carboxylic acid groups (broad SMARTS) is 1. The summed E-state index contributed by atoms with van der Waals surface area (Å²) < 4.78 is 67.2. The quantitative estimate of drug-likeness (QED) is 0.0470. The Morgan fingerprint density at radius 2 is 1.42 bits per heavy atom. The molecule has 0 aliphatic heterocycles. The summed E-state index contributed by atoms with van der Waals surface area (Å²) in [6, 6.07) is 6.41. The molecular weight excluding hydrogens is 890 g/mol. The first kappa shape index (κ1) is 53.4. The van der Waals surface area contributed by atoms with Crippen LogP contribution in [-0.2, 0) is 25.0 Å². The Kier molecular flexibility index (Phi) is 25.0. The van der Waals surface area contributed by atoms with Crippen molar-refractivity contribution in [2.24, 2.45) is 10.2 Å². The number of carboxylic acids is 1. The number of benzene rings is 2. The maximum absolute atomic E-state index is 12.1. The molecule has 25 heteroatoms. The second kappa shape index (κ2) is 24.3. The van der Waals surface area contributed by atoms with Gasteiger partial charge in [0.05, 0.1) is 58.2 Å². The molecule has 3 aromatic rings. The first-order valence-electron chi connectivity index (χ1n) is 13.9. The van der Waals surface area contributed by atoms with E-state index < -0.39 is 69.3 Å². The van der Waals surface area contributed by atoms with E-state index in [9.17, 15) is 45.9 Å². The predicted molar refractivity (Wildman–Crippen MR) is 177 cm³/mol. The fourth-order valence-corrected chi connectivity index (χ4v) is 6.67. The molecule has 0 spiro atoms. The van der Waals surface area contributed by atoms with E-state index in [0.29, 0.717) is 5.69 Å². The standard InChI is InChI=1S/C27H27Cl4N7O9S2.3K/c1-15(39)34-19-12-17(37(8-2-4-10-48(42,43)44)9-3-5-11-49(45,46)47)6-7-18(19)35-36-26-16(13-32)14-33-38(26)25-23(30)21(28)20(27(40)41)22(29)24(25)31;;;/h6-7,12,14H,2-5,8-11H2,1H3,(H,34,39)(H,40,41)(H,42,43,44)(H,45,46,47);;;/q;3*+1/p-3. The van der Waals surface area contributed by atoms with Gasteiger partial charge in [-0.1, -0.05) is 46.4 Å². The van der Waals surface area contributed by atoms with E-state index in [4.69, 9.17) is 46.4 Å². The molecule has 1 aromatic heterocycles. The van der Waals surface area contributed by atoms with Gasteiger partial charge >= 0.3 is 154 Å². The van der Waals surface area contributed by atoms with E-state index in [1.165, 1.54) is 19.1 Å². The van der Waals surface area contributed by atoms with Gasteiger partial charge in [0.2, 0.25) is 5.91 Å². The number of aromatic nitrogens is 2. The molecule has 0 fully saturated rings. The molecule has 0 bridgehead atoms. The summed E-state index contributed by atoms with van der Waals surface area (Å²) in [7, 11) is -8.87. The normalized spacial score (nSPS) is 11.2. The average molecular weight is 914 g/mol. The van der Waals surface area contributed by atoms with E-state index in [-0.39, 0.29) is 221 Å². The van der Waals surface area contributed by atoms with Gasteiger partial charge in [0, 0.05) is 42.8 Å². The van der Waals surface area contributed by atoms with Crippen LogP contribution in [0.1, 0.15) is 48.5 Å². The van der Waals surface area contributed by atoms with Gasteiger partial charge in [-0.05, 0) is 43.9 Å². The Hall–Kier alpha value is 1.37. The molecule has 0 aliphatic rings. The van der Waals surface area contributed by atoms with Crippen LogP contribution in [0.25, 0.3) is 5.69 Å². The zero-order chi connectivity index (χ0) is 36.7. The summed E-state index contributed by atoms with van der Waals surface area (Å²) in [6.07, 6.45) is 1.74. The van der Waals surface area contributed by atoms with Crippen molar-refractivity contribution in [1.82, 2.24) is 9.78 Å². The van der Waals surface area contributed by atoms with Crippen LogP contribution < -0.4 is 169 Å². The van der Waals surface area contributed by atoms with Crippen molar-refractivity contribution in [2.45, 2.75) is 32.6 Å². The molecule has 1 heterocycles. The number of unbranched alkanes of at least 4 members (excludes halogenated alkanes) is 2. The van der Waals surface area contributed by atoms with Crippen molar-refractivity contribution in [3.63, 3.8) is 0 Å². The van der Waals surface area contributed by atoms with Gasteiger partial charge in [-0.2, -0.15) is 10.4 Å². The second-order valence-corrected chi connectivity index (χ2v) is 14.7. The summed E-state index contributed by atoms with van der Waals surface area (Å²) in [5, 5.41) is 34.4. The Bertz CT molecular complexity index is 2000. The third-order valence-electron chi connectivity index (χ3n) is 6.57. The zero-order valence-corrected chi connectivity index (χ0v) is 42.2. The van der Waals surface area contributed by atoms with E-state index in [1.807, 2.05) is 6.07 Å². The van der Waals surface area contributed by atoms with Crippen molar-refractivity contribution in [3.05, 3.63) is 55.6 Å². The van der Waals surface area contributed by atoms with Crippen molar-refractivity contribution in [3.8, 4) is 11.8 Å². The number of hydrogen-bond acceptors (Lipinski definition) is 14. The van der Waals surface area contributed by atoms with Gasteiger partial charge in [0.1, 0.15) is 23.0 Å². The Morgan fingerprint density at radius 1 is 0.904 bits per heavy atom. The van der Waals surface area contributed by atoms with Gasteiger partial charge < -0.3 is 29.2 Å². The fraction of sp³-hybridized carbons (Fsp3) is 0.333. The molecule has 1 amide bonds. The minimum absolute atomic E-state index is 0. The first-order chi connectivity index (χ1) is 22.8. The molecule has 0 saturated heterocycles. The molecule has 0 radical (unpaired) electrons. The number of azo groups is 1. The van der Waals surface area contributed by atoms with Gasteiger partial charge in [-0.3, -0.25) is 4.79 Å². The summed E-state index contributed by atoms with van der Waals surface area (Å²) in [6.45, 7) is 1.69. The van der Waals surface area contributed by atoms with Gasteiger partial charge in [-0.15, -0.1) is 10.2 Å². The number of halogens is 4. The number of amides is 1. The molecule has 264 valence electrons. The van der Waals surface area contributed by atoms with Gasteiger partial charge in [0.25, 0.3) is 0 Å². The maximum Gasteiger partial charge on any atom is 1.00 e. The van der Waals surface area contributed by atoms with Crippen LogP contribution in [0.15, 0.2) is 34.6 Å². The number of nitriles is 1. The molecule has 0 saturated carbocycles. The Morgan fingerprint density at radius 3 is 1.87 bits per heavy atom. The van der Waals surface area contributed by atoms with Crippen molar-refractivity contribution in [1.29, 1.82) is 5.26 Å². The molecule has 3 rings (SSSR count). The van der Waals surface area contributed by atoms with Crippen LogP contribution in [0, 0.1) is 11.3 Å². The van der Waals surface area contributed by atoms with Crippen LogP contribution in [0.3, 0.4) is 0 Å². The third-order valence-corrected chi connectivity index (χ3v) is 9.84. The molecule has 0 atom stereocenters. The first-order valence-corrected chi connectivity index (χ1v) is 18.5. The number of rotatable bonds is 16. The number of hydrogen-bond donors (Lipinski definition) is 1. The minimum atomic E-state index is -4.44. The van der Waals surface area contributed by atoms with E-state index >= 15 is 0 Å². The van der Waals surface area contributed by atoms with Crippen molar-refractivity contribution < 1.29 is 195 Å². The van der Waals surface area contributed by atoms with Gasteiger partial charge in [0.15, 0.2) is 5.82 Å². The minimum Gasteiger partial charge on any atom is -0.748 e. The zero-order valence-electron chi connectivity index (χ0n) is 28.2. The number of nitrogens with one attached hydrogen (secondary N) is 1. The molecular formula is C27H24Cl4K3N7O9S2. The van der Waals surface area contributed by atoms with Crippen LogP contribution in [-0.4, -0.2) is 72.2 Å². The monoisotopic (exact) mass is 911 g/mol. The van der Waals surface area contributed by atoms with Crippen molar-refractivity contribution >= 4 is 101 Å². The Labute approximate surface area is 447 Å². The summed E-state index contributed by atoms with van der Waals surface area (Å²) >= 11 is 24.9. The predicted octanol–water partition coefficient (Wildman–Crippen LogP) is -4.44. The third kappa shape index (κ3) is 16.0. The molecule has 0 aliphatic carbocycles. The summed E-state index contributed by atoms with van der Waals surface area (Å²) in [5.74, 6) is -3.64. The van der Waals surface area contributed by atoms with E-state index in [1.54, 1.807) is 11.0 Å². The molecule has 52 heavy (non-hydrogen) atoms. The SMILES string of the molecule is CC(=O)Nc1cc(N(CCCCS(=O)(=O)[O-])CCCCS(=O)(=O)[O-])ccc1N=Nc1c(C#N)cnn1-c1c(Cl)c(Cl)c(C(=O)[O-])c(Cl)c1Cl.[K+].[K+].[K+]. The number of anilines is 2. The summed E-state index contributed by atoms with van der Waals surface area (Å²) in [5.41, 5.74) is -0.328. The topological polar surface area (TPSA) is 253 Å². The van der Waals surface area contributed by atoms with E-state index in [0.717, 1.165) is 10.9 Å². The molecule has 2 aromatic carbocycles. The fourth-order valence-electron chi connectivity index (χ4n) is 4.40. The van der Waals surface area contributed by atoms with E-state index in [2.05, 4.69) is 20.6 Å². The Balaban J connectivity index is 0.00000867. The number of carbonyl (C=O) groups is 2. The maximum atomic E-state index is 12.1. The van der Waals surface area contributed by atoms with Crippen LogP contribution in [0.4, 0.5) is 22.9 Å². The molecule has 1 N–H and O–H groups in total. The number of aromatic carboxylic acids is 1.